The predicted molar refractivity (Wildman–Crippen MR) is 71.2 cm³/mol. The number of carbonyl (C=O) groups excluding carboxylic acids is 2. The van der Waals surface area contributed by atoms with E-state index in [-0.39, 0.29) is 5.92 Å². The Balaban J connectivity index is 2.77. The summed E-state index contributed by atoms with van der Waals surface area (Å²) in [7, 11) is 1.28. The zero-order valence-corrected chi connectivity index (χ0v) is 12.1. The fourth-order valence-corrected chi connectivity index (χ4v) is 2.29. The number of amides is 2. The molecule has 114 valence electrons. The molecule has 0 spiro atoms. The second kappa shape index (κ2) is 7.12. The number of nitrogens with one attached hydrogen (secondary N) is 1. The van der Waals surface area contributed by atoms with Gasteiger partial charge in [0.25, 0.3) is 0 Å². The molecule has 0 aromatic carbocycles. The van der Waals surface area contributed by atoms with Gasteiger partial charge in [-0.2, -0.15) is 0 Å². The zero-order valence-electron chi connectivity index (χ0n) is 12.1. The molecule has 7 nitrogen and oxygen atoms in total. The molecule has 1 fully saturated rings. The number of hydrogen-bond acceptors (Lipinski definition) is 4. The van der Waals surface area contributed by atoms with Crippen molar-refractivity contribution in [2.45, 2.75) is 45.2 Å². The molecule has 1 aliphatic heterocycles. The lowest BCUT2D eigenvalue weighted by Crippen LogP contribution is -2.56. The van der Waals surface area contributed by atoms with Crippen LogP contribution in [0.15, 0.2) is 0 Å². The van der Waals surface area contributed by atoms with Gasteiger partial charge in [0, 0.05) is 6.54 Å². The molecule has 1 saturated heterocycles. The summed E-state index contributed by atoms with van der Waals surface area (Å²) in [5.74, 6) is -1.78. The number of carboxylic acid groups (broad SMARTS) is 1. The highest BCUT2D eigenvalue weighted by molar-refractivity contribution is 5.87. The van der Waals surface area contributed by atoms with Crippen molar-refractivity contribution in [2.24, 2.45) is 5.92 Å². The Hall–Kier alpha value is -1.79. The lowest BCUT2D eigenvalue weighted by atomic mass is 10.0. The second-order valence-corrected chi connectivity index (χ2v) is 5.24. The SMILES string of the molecule is COC(=O)C1CCCCN1C(=O)N[C@H](C(=O)O)C(C)C. The molecule has 1 aliphatic rings. The first-order valence-electron chi connectivity index (χ1n) is 6.76. The number of esters is 1. The van der Waals surface area contributed by atoms with Crippen LogP contribution in [0.4, 0.5) is 4.79 Å². The van der Waals surface area contributed by atoms with E-state index in [1.165, 1.54) is 12.0 Å². The Kier molecular flexibility index (Phi) is 5.79. The van der Waals surface area contributed by atoms with Gasteiger partial charge in [-0.05, 0) is 25.2 Å². The maximum atomic E-state index is 12.2. The number of carbonyl (C=O) groups is 3. The molecular weight excluding hydrogens is 264 g/mol. The second-order valence-electron chi connectivity index (χ2n) is 5.24. The van der Waals surface area contributed by atoms with Crippen LogP contribution in [0.3, 0.4) is 0 Å². The zero-order chi connectivity index (χ0) is 15.3. The smallest absolute Gasteiger partial charge is 0.328 e. The monoisotopic (exact) mass is 286 g/mol. The average molecular weight is 286 g/mol. The van der Waals surface area contributed by atoms with Gasteiger partial charge in [0.15, 0.2) is 0 Å². The van der Waals surface area contributed by atoms with Crippen molar-refractivity contribution in [1.82, 2.24) is 10.2 Å². The number of urea groups is 1. The van der Waals surface area contributed by atoms with Crippen LogP contribution in [0.1, 0.15) is 33.1 Å². The normalized spacial score (nSPS) is 20.4. The number of rotatable bonds is 4. The minimum atomic E-state index is -1.08. The van der Waals surface area contributed by atoms with Crippen molar-refractivity contribution in [1.29, 1.82) is 0 Å². The Morgan fingerprint density at radius 1 is 1.30 bits per heavy atom. The summed E-state index contributed by atoms with van der Waals surface area (Å²) in [6.07, 6.45) is 2.18. The largest absolute Gasteiger partial charge is 0.480 e. The number of aliphatic carboxylic acids is 1. The molecule has 2 N–H and O–H groups in total. The molecule has 1 heterocycles. The maximum Gasteiger partial charge on any atom is 0.328 e. The van der Waals surface area contributed by atoms with Gasteiger partial charge in [0.1, 0.15) is 12.1 Å². The molecule has 0 bridgehead atoms. The van der Waals surface area contributed by atoms with E-state index in [0.29, 0.717) is 13.0 Å². The summed E-state index contributed by atoms with van der Waals surface area (Å²) in [6.45, 7) is 3.86. The van der Waals surface area contributed by atoms with E-state index in [4.69, 9.17) is 9.84 Å². The number of methoxy groups -OCH3 is 1. The van der Waals surface area contributed by atoms with Gasteiger partial charge in [-0.15, -0.1) is 0 Å². The van der Waals surface area contributed by atoms with Crippen LogP contribution in [-0.2, 0) is 14.3 Å². The predicted octanol–water partition coefficient (Wildman–Crippen LogP) is 0.833. The summed E-state index contributed by atoms with van der Waals surface area (Å²) in [5.41, 5.74) is 0. The maximum absolute atomic E-state index is 12.2. The van der Waals surface area contributed by atoms with Gasteiger partial charge >= 0.3 is 18.0 Å². The number of ether oxygens (including phenoxy) is 1. The van der Waals surface area contributed by atoms with E-state index in [0.717, 1.165) is 12.8 Å². The Morgan fingerprint density at radius 3 is 2.45 bits per heavy atom. The third-order valence-corrected chi connectivity index (χ3v) is 3.45. The molecule has 20 heavy (non-hydrogen) atoms. The van der Waals surface area contributed by atoms with Crippen molar-refractivity contribution in [2.75, 3.05) is 13.7 Å². The number of likely N-dealkylation sites (tertiary alicyclic amines) is 1. The fraction of sp³-hybridized carbons (Fsp3) is 0.769. The van der Waals surface area contributed by atoms with E-state index >= 15 is 0 Å². The van der Waals surface area contributed by atoms with Crippen LogP contribution in [0.2, 0.25) is 0 Å². The third kappa shape index (κ3) is 3.85. The molecule has 2 atom stereocenters. The summed E-state index contributed by atoms with van der Waals surface area (Å²) in [5, 5.41) is 11.6. The Labute approximate surface area is 118 Å². The van der Waals surface area contributed by atoms with Gasteiger partial charge in [0.2, 0.25) is 0 Å². The van der Waals surface area contributed by atoms with Crippen molar-refractivity contribution in [3.63, 3.8) is 0 Å². The molecule has 2 amide bonds. The summed E-state index contributed by atoms with van der Waals surface area (Å²) < 4.78 is 4.69. The number of hydrogen-bond donors (Lipinski definition) is 2. The quantitative estimate of drug-likeness (QED) is 0.746. The first-order chi connectivity index (χ1) is 9.38. The van der Waals surface area contributed by atoms with Crippen LogP contribution in [0.25, 0.3) is 0 Å². The van der Waals surface area contributed by atoms with Crippen LogP contribution < -0.4 is 5.32 Å². The van der Waals surface area contributed by atoms with Gasteiger partial charge in [-0.1, -0.05) is 13.8 Å². The van der Waals surface area contributed by atoms with Crippen LogP contribution in [-0.4, -0.2) is 53.7 Å². The van der Waals surface area contributed by atoms with E-state index in [1.54, 1.807) is 13.8 Å². The van der Waals surface area contributed by atoms with Crippen molar-refractivity contribution in [3.8, 4) is 0 Å². The molecule has 0 aromatic heterocycles. The standard InChI is InChI=1S/C13H22N2O5/c1-8(2)10(11(16)17)14-13(19)15-7-5-4-6-9(15)12(18)20-3/h8-10H,4-7H2,1-3H3,(H,14,19)(H,16,17)/t9?,10-/m0/s1. The van der Waals surface area contributed by atoms with Crippen molar-refractivity contribution < 1.29 is 24.2 Å². The topological polar surface area (TPSA) is 95.9 Å². The first-order valence-corrected chi connectivity index (χ1v) is 6.76. The van der Waals surface area contributed by atoms with Gasteiger partial charge < -0.3 is 20.1 Å². The number of carboxylic acids is 1. The Morgan fingerprint density at radius 2 is 1.95 bits per heavy atom. The average Bonchev–Trinajstić information content (AvgIpc) is 2.42. The summed E-state index contributed by atoms with van der Waals surface area (Å²) in [6, 6.07) is -2.13. The van der Waals surface area contributed by atoms with Crippen LogP contribution >= 0.6 is 0 Å². The third-order valence-electron chi connectivity index (χ3n) is 3.45. The Bertz CT molecular complexity index is 383. The van der Waals surface area contributed by atoms with Gasteiger partial charge in [0.05, 0.1) is 7.11 Å². The van der Waals surface area contributed by atoms with Crippen LogP contribution in [0.5, 0.6) is 0 Å². The summed E-state index contributed by atoms with van der Waals surface area (Å²) >= 11 is 0. The van der Waals surface area contributed by atoms with E-state index in [2.05, 4.69) is 5.32 Å². The number of nitrogens with zero attached hydrogens (tertiary/aromatic N) is 1. The molecule has 1 rings (SSSR count). The van der Waals surface area contributed by atoms with Gasteiger partial charge in [-0.3, -0.25) is 0 Å². The van der Waals surface area contributed by atoms with E-state index < -0.39 is 30.1 Å². The van der Waals surface area contributed by atoms with E-state index in [1.807, 2.05) is 0 Å². The first kappa shape index (κ1) is 16.3. The number of piperidine rings is 1. The lowest BCUT2D eigenvalue weighted by molar-refractivity contribution is -0.146. The minimum absolute atomic E-state index is 0.238. The van der Waals surface area contributed by atoms with Crippen LogP contribution in [0, 0.1) is 5.92 Å². The molecule has 0 aromatic rings. The molecule has 1 unspecified atom stereocenters. The van der Waals surface area contributed by atoms with Crippen molar-refractivity contribution in [3.05, 3.63) is 0 Å². The lowest BCUT2D eigenvalue weighted by Gasteiger charge is -2.34. The fourth-order valence-electron chi connectivity index (χ4n) is 2.29. The highest BCUT2D eigenvalue weighted by atomic mass is 16.5. The molecule has 0 saturated carbocycles. The molecule has 7 heteroatoms. The highest BCUT2D eigenvalue weighted by Gasteiger charge is 2.35. The van der Waals surface area contributed by atoms with Gasteiger partial charge in [-0.25, -0.2) is 14.4 Å². The van der Waals surface area contributed by atoms with E-state index in [9.17, 15) is 14.4 Å². The minimum Gasteiger partial charge on any atom is -0.480 e. The summed E-state index contributed by atoms with van der Waals surface area (Å²) in [4.78, 5) is 36.3. The molecule has 0 aliphatic carbocycles. The highest BCUT2D eigenvalue weighted by Crippen LogP contribution is 2.18. The molecule has 0 radical (unpaired) electrons. The van der Waals surface area contributed by atoms with Crippen molar-refractivity contribution >= 4 is 18.0 Å². The molecular formula is C13H22N2O5.